The van der Waals surface area contributed by atoms with Crippen molar-refractivity contribution in [3.05, 3.63) is 101 Å². The first-order valence-corrected chi connectivity index (χ1v) is 14.3. The third kappa shape index (κ3) is 8.29. The molecule has 3 aromatic carbocycles. The molecule has 3 rings (SSSR count). The lowest BCUT2D eigenvalue weighted by Crippen LogP contribution is -2.54. The van der Waals surface area contributed by atoms with Gasteiger partial charge in [0.1, 0.15) is 18.4 Å². The number of halogens is 2. The summed E-state index contributed by atoms with van der Waals surface area (Å²) in [6.45, 7) is 3.06. The molecular formula is C28H31ClFN3O4S. The number of hydrogen-bond donors (Lipinski definition) is 1. The number of sulfonamides is 1. The van der Waals surface area contributed by atoms with E-state index in [-0.39, 0.29) is 30.6 Å². The van der Waals surface area contributed by atoms with Crippen LogP contribution in [-0.4, -0.2) is 50.0 Å². The molecule has 0 saturated heterocycles. The summed E-state index contributed by atoms with van der Waals surface area (Å²) in [6.07, 6.45) is 1.21. The Morgan fingerprint density at radius 2 is 1.53 bits per heavy atom. The summed E-state index contributed by atoms with van der Waals surface area (Å²) < 4.78 is 40.0. The molecule has 38 heavy (non-hydrogen) atoms. The van der Waals surface area contributed by atoms with E-state index < -0.39 is 34.3 Å². The number of amides is 2. The average Bonchev–Trinajstić information content (AvgIpc) is 2.86. The Kier molecular flexibility index (Phi) is 9.88. The van der Waals surface area contributed by atoms with E-state index in [1.807, 2.05) is 44.2 Å². The molecule has 1 atom stereocenters. The predicted molar refractivity (Wildman–Crippen MR) is 148 cm³/mol. The fourth-order valence-electron chi connectivity index (χ4n) is 3.94. The van der Waals surface area contributed by atoms with Gasteiger partial charge in [0, 0.05) is 24.0 Å². The molecule has 0 aliphatic heterocycles. The van der Waals surface area contributed by atoms with Crippen LogP contribution in [0.25, 0.3) is 0 Å². The van der Waals surface area contributed by atoms with E-state index in [1.165, 1.54) is 53.4 Å². The first kappa shape index (κ1) is 29.1. The molecule has 0 heterocycles. The van der Waals surface area contributed by atoms with Gasteiger partial charge in [0.25, 0.3) is 0 Å². The number of carbonyl (C=O) groups excluding carboxylic acids is 2. The molecule has 0 aliphatic carbocycles. The van der Waals surface area contributed by atoms with Gasteiger partial charge in [0.05, 0.1) is 11.9 Å². The second-order valence-electron chi connectivity index (χ2n) is 9.26. The fraction of sp³-hybridized carbons (Fsp3) is 0.286. The highest BCUT2D eigenvalue weighted by Gasteiger charge is 2.33. The first-order valence-electron chi connectivity index (χ1n) is 12.1. The maximum Gasteiger partial charge on any atom is 0.244 e. The minimum absolute atomic E-state index is 0.0274. The first-order chi connectivity index (χ1) is 17.9. The van der Waals surface area contributed by atoms with E-state index >= 15 is 0 Å². The van der Waals surface area contributed by atoms with Crippen LogP contribution < -0.4 is 9.62 Å². The van der Waals surface area contributed by atoms with Gasteiger partial charge in [-0.3, -0.25) is 13.9 Å². The van der Waals surface area contributed by atoms with Crippen molar-refractivity contribution in [3.63, 3.8) is 0 Å². The van der Waals surface area contributed by atoms with E-state index in [0.29, 0.717) is 10.6 Å². The standard InChI is InChI=1S/C28H31ClFN3O4S/c1-20(2)31-28(35)26(17-21-7-5-4-6-8-21)32(18-22-9-13-24(30)14-10-22)27(34)19-33(38(3,36)37)25-15-11-23(29)12-16-25/h4-16,20,26H,17-19H2,1-3H3,(H,31,35)/t26-/m1/s1. The second kappa shape index (κ2) is 12.9. The van der Waals surface area contributed by atoms with Crippen molar-refractivity contribution in [2.45, 2.75) is 38.9 Å². The van der Waals surface area contributed by atoms with Gasteiger partial charge in [-0.15, -0.1) is 0 Å². The van der Waals surface area contributed by atoms with Crippen molar-refractivity contribution in [2.24, 2.45) is 0 Å². The van der Waals surface area contributed by atoms with Crippen molar-refractivity contribution in [1.82, 2.24) is 10.2 Å². The van der Waals surface area contributed by atoms with Crippen LogP contribution in [0.4, 0.5) is 10.1 Å². The SMILES string of the molecule is CC(C)NC(=O)[C@@H](Cc1ccccc1)N(Cc1ccc(F)cc1)C(=O)CN(c1ccc(Cl)cc1)S(C)(=O)=O. The van der Waals surface area contributed by atoms with Crippen LogP contribution in [0, 0.1) is 5.82 Å². The monoisotopic (exact) mass is 559 g/mol. The number of anilines is 1. The molecule has 0 unspecified atom stereocenters. The molecule has 3 aromatic rings. The van der Waals surface area contributed by atoms with Crippen molar-refractivity contribution in [2.75, 3.05) is 17.1 Å². The molecule has 0 aliphatic rings. The Bertz CT molecular complexity index is 1330. The molecule has 0 fully saturated rings. The molecular weight excluding hydrogens is 529 g/mol. The summed E-state index contributed by atoms with van der Waals surface area (Å²) >= 11 is 5.97. The lowest BCUT2D eigenvalue weighted by Gasteiger charge is -2.34. The number of nitrogens with one attached hydrogen (secondary N) is 1. The van der Waals surface area contributed by atoms with Crippen molar-refractivity contribution in [1.29, 1.82) is 0 Å². The Morgan fingerprint density at radius 3 is 2.08 bits per heavy atom. The van der Waals surface area contributed by atoms with E-state index in [4.69, 9.17) is 11.6 Å². The zero-order valence-corrected chi connectivity index (χ0v) is 23.0. The zero-order chi connectivity index (χ0) is 27.9. The summed E-state index contributed by atoms with van der Waals surface area (Å²) in [4.78, 5) is 28.7. The quantitative estimate of drug-likeness (QED) is 0.377. The van der Waals surface area contributed by atoms with Gasteiger partial charge in [-0.25, -0.2) is 12.8 Å². The van der Waals surface area contributed by atoms with E-state index in [1.54, 1.807) is 0 Å². The Labute approximate surface area is 228 Å². The van der Waals surface area contributed by atoms with Crippen LogP contribution in [0.1, 0.15) is 25.0 Å². The van der Waals surface area contributed by atoms with Crippen LogP contribution in [0.2, 0.25) is 5.02 Å². The van der Waals surface area contributed by atoms with Crippen LogP contribution >= 0.6 is 11.6 Å². The molecule has 7 nitrogen and oxygen atoms in total. The van der Waals surface area contributed by atoms with Crippen molar-refractivity contribution in [3.8, 4) is 0 Å². The van der Waals surface area contributed by atoms with Crippen LogP contribution in [0.3, 0.4) is 0 Å². The van der Waals surface area contributed by atoms with Gasteiger partial charge < -0.3 is 10.2 Å². The molecule has 1 N–H and O–H groups in total. The molecule has 2 amide bonds. The molecule has 202 valence electrons. The summed E-state index contributed by atoms with van der Waals surface area (Å²) in [6, 6.07) is 19.8. The van der Waals surface area contributed by atoms with Gasteiger partial charge in [0.15, 0.2) is 0 Å². The fourth-order valence-corrected chi connectivity index (χ4v) is 4.92. The molecule has 0 saturated carbocycles. The predicted octanol–water partition coefficient (Wildman–Crippen LogP) is 4.41. The van der Waals surface area contributed by atoms with Gasteiger partial charge in [-0.05, 0) is 61.4 Å². The average molecular weight is 560 g/mol. The molecule has 0 spiro atoms. The second-order valence-corrected chi connectivity index (χ2v) is 11.6. The van der Waals surface area contributed by atoms with E-state index in [0.717, 1.165) is 16.1 Å². The van der Waals surface area contributed by atoms with Crippen molar-refractivity contribution >= 4 is 39.1 Å². The lowest BCUT2D eigenvalue weighted by atomic mass is 10.0. The summed E-state index contributed by atoms with van der Waals surface area (Å²) in [5.41, 5.74) is 1.68. The highest BCUT2D eigenvalue weighted by molar-refractivity contribution is 7.92. The third-order valence-corrected chi connectivity index (χ3v) is 7.15. The minimum Gasteiger partial charge on any atom is -0.352 e. The number of benzene rings is 3. The molecule has 0 bridgehead atoms. The van der Waals surface area contributed by atoms with Gasteiger partial charge in [-0.1, -0.05) is 54.1 Å². The normalized spacial score (nSPS) is 12.2. The van der Waals surface area contributed by atoms with E-state index in [2.05, 4.69) is 5.32 Å². The highest BCUT2D eigenvalue weighted by Crippen LogP contribution is 2.22. The summed E-state index contributed by atoms with van der Waals surface area (Å²) in [5.74, 6) is -1.40. The highest BCUT2D eigenvalue weighted by atomic mass is 35.5. The number of hydrogen-bond acceptors (Lipinski definition) is 4. The largest absolute Gasteiger partial charge is 0.352 e. The Balaban J connectivity index is 2.04. The Hall–Kier alpha value is -3.43. The van der Waals surface area contributed by atoms with E-state index in [9.17, 15) is 22.4 Å². The Morgan fingerprint density at radius 1 is 0.921 bits per heavy atom. The van der Waals surface area contributed by atoms with Gasteiger partial charge in [0.2, 0.25) is 21.8 Å². The lowest BCUT2D eigenvalue weighted by molar-refractivity contribution is -0.140. The third-order valence-electron chi connectivity index (χ3n) is 5.76. The minimum atomic E-state index is -3.87. The van der Waals surface area contributed by atoms with Crippen LogP contribution in [0.5, 0.6) is 0 Å². The molecule has 0 aromatic heterocycles. The van der Waals surface area contributed by atoms with Crippen molar-refractivity contribution < 1.29 is 22.4 Å². The van der Waals surface area contributed by atoms with Gasteiger partial charge in [-0.2, -0.15) is 0 Å². The van der Waals surface area contributed by atoms with Gasteiger partial charge >= 0.3 is 0 Å². The molecule has 0 radical (unpaired) electrons. The summed E-state index contributed by atoms with van der Waals surface area (Å²) in [5, 5.41) is 3.29. The summed E-state index contributed by atoms with van der Waals surface area (Å²) in [7, 11) is -3.87. The number of nitrogens with zero attached hydrogens (tertiary/aromatic N) is 2. The zero-order valence-electron chi connectivity index (χ0n) is 21.5. The molecule has 10 heteroatoms. The maximum absolute atomic E-state index is 13.9. The smallest absolute Gasteiger partial charge is 0.244 e. The topological polar surface area (TPSA) is 86.8 Å². The van der Waals surface area contributed by atoms with Crippen LogP contribution in [-0.2, 0) is 32.6 Å². The number of carbonyl (C=O) groups is 2. The number of rotatable bonds is 11. The van der Waals surface area contributed by atoms with Crippen LogP contribution in [0.15, 0.2) is 78.9 Å². The maximum atomic E-state index is 13.9.